The molecular weight excluding hydrogens is 667 g/mol. The smallest absolute Gasteiger partial charge is 0.305 e. The van der Waals surface area contributed by atoms with Gasteiger partial charge in [0.25, 0.3) is 0 Å². The highest BCUT2D eigenvalue weighted by atomic mass is 16.5. The van der Waals surface area contributed by atoms with Crippen LogP contribution in [0, 0.1) is 57.2 Å². The molecule has 9 rings (SSSR count). The standard InChI is InChI=1S/C49H65NO4/c1-7-43(51)53-33-17-21-46(3)31(26-33)11-13-35-38-15-16-39(48(38,5)23-19-40(35)46)37-28-42-36-14-12-32-27-34(54-44(52)8-2)18-22-47(32,4)41(36)20-24-49(42,6)45(37)30-10-9-25-50-29-30/h9-12,16,25,29,33-36,38,40-42H,7-8,13-15,17-24,26-28H2,1-6H3. The van der Waals surface area contributed by atoms with E-state index < -0.39 is 0 Å². The molecule has 1 heterocycles. The molecule has 1 aromatic rings. The van der Waals surface area contributed by atoms with Gasteiger partial charge in [-0.05, 0) is 163 Å². The molecule has 0 saturated heterocycles. The summed E-state index contributed by atoms with van der Waals surface area (Å²) in [5.74, 6) is 3.99. The lowest BCUT2D eigenvalue weighted by atomic mass is 9.47. The van der Waals surface area contributed by atoms with Crippen LogP contribution in [0.1, 0.15) is 150 Å². The second-order valence-corrected chi connectivity index (χ2v) is 20.0. The van der Waals surface area contributed by atoms with E-state index in [-0.39, 0.29) is 45.8 Å². The molecule has 8 aliphatic rings. The Morgan fingerprint density at radius 1 is 0.667 bits per heavy atom. The van der Waals surface area contributed by atoms with E-state index in [2.05, 4.69) is 64.3 Å². The van der Waals surface area contributed by atoms with Crippen molar-refractivity contribution >= 4 is 17.5 Å². The number of hydrogen-bond donors (Lipinski definition) is 0. The van der Waals surface area contributed by atoms with Gasteiger partial charge in [-0.3, -0.25) is 14.6 Å². The molecule has 0 aromatic carbocycles. The summed E-state index contributed by atoms with van der Waals surface area (Å²) >= 11 is 0. The van der Waals surface area contributed by atoms with Gasteiger partial charge in [-0.2, -0.15) is 0 Å². The Labute approximate surface area is 324 Å². The van der Waals surface area contributed by atoms with Crippen LogP contribution in [0.15, 0.2) is 65.0 Å². The van der Waals surface area contributed by atoms with Gasteiger partial charge in [-0.25, -0.2) is 0 Å². The van der Waals surface area contributed by atoms with Gasteiger partial charge in [0.2, 0.25) is 0 Å². The maximum Gasteiger partial charge on any atom is 0.305 e. The lowest BCUT2D eigenvalue weighted by Gasteiger charge is -2.58. The summed E-state index contributed by atoms with van der Waals surface area (Å²) in [6, 6.07) is 4.52. The van der Waals surface area contributed by atoms with E-state index in [0.29, 0.717) is 48.3 Å². The van der Waals surface area contributed by atoms with E-state index in [1.165, 1.54) is 50.5 Å². The predicted molar refractivity (Wildman–Crippen MR) is 214 cm³/mol. The van der Waals surface area contributed by atoms with E-state index in [1.807, 2.05) is 20.0 Å². The first-order valence-corrected chi connectivity index (χ1v) is 22.1. The summed E-state index contributed by atoms with van der Waals surface area (Å²) in [5.41, 5.74) is 10.3. The molecule has 4 fully saturated rings. The highest BCUT2D eigenvalue weighted by Crippen LogP contribution is 2.72. The number of rotatable bonds is 6. The fourth-order valence-corrected chi connectivity index (χ4v) is 15.0. The van der Waals surface area contributed by atoms with Crippen molar-refractivity contribution < 1.29 is 19.1 Å². The maximum absolute atomic E-state index is 12.2. The van der Waals surface area contributed by atoms with Crippen molar-refractivity contribution in [3.05, 3.63) is 70.6 Å². The highest BCUT2D eigenvalue weighted by Gasteiger charge is 2.62. The zero-order chi connectivity index (χ0) is 37.6. The largest absolute Gasteiger partial charge is 0.462 e. The summed E-state index contributed by atoms with van der Waals surface area (Å²) in [7, 11) is 0. The van der Waals surface area contributed by atoms with E-state index in [1.54, 1.807) is 27.9 Å². The third-order valence-electron chi connectivity index (χ3n) is 17.8. The molecular formula is C49H65NO4. The Bertz CT molecular complexity index is 1820. The fourth-order valence-electron chi connectivity index (χ4n) is 15.0. The van der Waals surface area contributed by atoms with Crippen molar-refractivity contribution in [2.75, 3.05) is 0 Å². The van der Waals surface area contributed by atoms with Crippen molar-refractivity contribution in [2.45, 2.75) is 156 Å². The number of carbonyl (C=O) groups is 2. The number of ether oxygens (including phenoxy) is 2. The van der Waals surface area contributed by atoms with Gasteiger partial charge in [-0.1, -0.05) is 77.0 Å². The maximum atomic E-state index is 12.2. The summed E-state index contributed by atoms with van der Waals surface area (Å²) in [4.78, 5) is 29.1. The minimum atomic E-state index is -0.0536. The van der Waals surface area contributed by atoms with Crippen LogP contribution in [0.3, 0.4) is 0 Å². The Morgan fingerprint density at radius 2 is 1.22 bits per heavy atom. The van der Waals surface area contributed by atoms with E-state index in [4.69, 9.17) is 14.5 Å². The fraction of sp³-hybridized carbons (Fsp3) is 0.694. The molecule has 0 radical (unpaired) electrons. The zero-order valence-electron chi connectivity index (χ0n) is 34.1. The molecule has 12 unspecified atom stereocenters. The third-order valence-corrected chi connectivity index (χ3v) is 17.8. The van der Waals surface area contributed by atoms with Gasteiger partial charge in [0.15, 0.2) is 0 Å². The van der Waals surface area contributed by atoms with Crippen molar-refractivity contribution in [3.8, 4) is 0 Å². The summed E-state index contributed by atoms with van der Waals surface area (Å²) < 4.78 is 11.8. The Kier molecular flexibility index (Phi) is 9.05. The number of aromatic nitrogens is 1. The van der Waals surface area contributed by atoms with Gasteiger partial charge in [0.1, 0.15) is 12.2 Å². The van der Waals surface area contributed by atoms with Gasteiger partial charge < -0.3 is 9.47 Å². The lowest BCUT2D eigenvalue weighted by Crippen LogP contribution is -2.50. The van der Waals surface area contributed by atoms with Crippen LogP contribution in [0.4, 0.5) is 0 Å². The average Bonchev–Trinajstić information content (AvgIpc) is 3.68. The van der Waals surface area contributed by atoms with Crippen molar-refractivity contribution in [1.29, 1.82) is 0 Å². The molecule has 5 heteroatoms. The van der Waals surface area contributed by atoms with Gasteiger partial charge in [0.05, 0.1) is 0 Å². The molecule has 0 bridgehead atoms. The summed E-state index contributed by atoms with van der Waals surface area (Å²) in [5, 5.41) is 0. The first kappa shape index (κ1) is 36.7. The molecule has 4 saturated carbocycles. The average molecular weight is 732 g/mol. The number of nitrogens with zero attached hydrogens (tertiary/aromatic N) is 1. The van der Waals surface area contributed by atoms with Gasteiger partial charge in [0, 0.05) is 38.1 Å². The van der Waals surface area contributed by atoms with E-state index in [9.17, 15) is 9.59 Å². The van der Waals surface area contributed by atoms with E-state index >= 15 is 0 Å². The highest BCUT2D eigenvalue weighted by molar-refractivity contribution is 5.80. The van der Waals surface area contributed by atoms with Crippen LogP contribution >= 0.6 is 0 Å². The van der Waals surface area contributed by atoms with Gasteiger partial charge in [-0.15, -0.1) is 0 Å². The number of fused-ring (bicyclic) bond motifs is 10. The molecule has 290 valence electrons. The molecule has 0 amide bonds. The topological polar surface area (TPSA) is 65.5 Å². The van der Waals surface area contributed by atoms with Crippen LogP contribution in [0.25, 0.3) is 5.57 Å². The molecule has 12 atom stereocenters. The Morgan fingerprint density at radius 3 is 1.78 bits per heavy atom. The predicted octanol–water partition coefficient (Wildman–Crippen LogP) is 11.6. The lowest BCUT2D eigenvalue weighted by molar-refractivity contribution is -0.151. The second-order valence-electron chi connectivity index (χ2n) is 20.0. The summed E-state index contributed by atoms with van der Waals surface area (Å²) in [6.45, 7) is 14.2. The van der Waals surface area contributed by atoms with Crippen LogP contribution in [-0.4, -0.2) is 29.1 Å². The molecule has 1 aromatic heterocycles. The van der Waals surface area contributed by atoms with Crippen molar-refractivity contribution in [1.82, 2.24) is 4.98 Å². The van der Waals surface area contributed by atoms with Crippen LogP contribution < -0.4 is 0 Å². The quantitative estimate of drug-likeness (QED) is 0.215. The molecule has 0 N–H and O–H groups in total. The Balaban J connectivity index is 1.01. The minimum Gasteiger partial charge on any atom is -0.462 e. The SMILES string of the molecule is CCC(=O)OC1CCC2(C)C(=CCC3C2CCC2(C)C(C4=C(c5cccnc5)C5(C)CCC6C(CC=C7CC(OC(=O)CC)CCC76C)C5C4)=CCC32)C1. The number of pyridine rings is 1. The van der Waals surface area contributed by atoms with Crippen LogP contribution in [-0.2, 0) is 19.1 Å². The normalized spacial score (nSPS) is 43.6. The molecule has 54 heavy (non-hydrogen) atoms. The van der Waals surface area contributed by atoms with Gasteiger partial charge >= 0.3 is 11.9 Å². The Hall–Kier alpha value is -2.95. The van der Waals surface area contributed by atoms with Crippen molar-refractivity contribution in [2.24, 2.45) is 57.2 Å². The molecule has 0 spiro atoms. The first-order valence-electron chi connectivity index (χ1n) is 22.1. The second kappa shape index (κ2) is 13.3. The number of carbonyl (C=O) groups excluding carboxylic acids is 2. The van der Waals surface area contributed by atoms with Crippen LogP contribution in [0.2, 0.25) is 0 Å². The van der Waals surface area contributed by atoms with E-state index in [0.717, 1.165) is 44.9 Å². The zero-order valence-corrected chi connectivity index (χ0v) is 34.1. The number of allylic oxidation sites excluding steroid dienone is 6. The molecule has 5 nitrogen and oxygen atoms in total. The van der Waals surface area contributed by atoms with Crippen LogP contribution in [0.5, 0.6) is 0 Å². The third kappa shape index (κ3) is 5.46. The molecule has 0 aliphatic heterocycles. The monoisotopic (exact) mass is 731 g/mol. The number of hydrogen-bond acceptors (Lipinski definition) is 5. The first-order chi connectivity index (χ1) is 25.9. The van der Waals surface area contributed by atoms with Crippen molar-refractivity contribution in [3.63, 3.8) is 0 Å². The molecule has 8 aliphatic carbocycles. The summed E-state index contributed by atoms with van der Waals surface area (Å²) in [6.07, 6.45) is 29.0. The number of esters is 2. The minimum absolute atomic E-state index is 0.0477.